The highest BCUT2D eigenvalue weighted by Crippen LogP contribution is 2.39. The Kier molecular flexibility index (Phi) is 4.83. The molecule has 27 heavy (non-hydrogen) atoms. The van der Waals surface area contributed by atoms with Gasteiger partial charge in [-0.15, -0.1) is 0 Å². The van der Waals surface area contributed by atoms with Gasteiger partial charge in [-0.05, 0) is 36.4 Å². The van der Waals surface area contributed by atoms with E-state index >= 15 is 0 Å². The van der Waals surface area contributed by atoms with Crippen molar-refractivity contribution in [2.75, 3.05) is 12.0 Å². The highest BCUT2D eigenvalue weighted by molar-refractivity contribution is 7.23. The van der Waals surface area contributed by atoms with Crippen LogP contribution in [-0.4, -0.2) is 18.0 Å². The third kappa shape index (κ3) is 3.41. The van der Waals surface area contributed by atoms with Gasteiger partial charge in [0.25, 0.3) is 5.91 Å². The number of furan rings is 1. The number of ether oxygens (including phenoxy) is 1. The van der Waals surface area contributed by atoms with E-state index in [1.807, 2.05) is 24.3 Å². The lowest BCUT2D eigenvalue weighted by atomic mass is 10.2. The van der Waals surface area contributed by atoms with Gasteiger partial charge >= 0.3 is 0 Å². The van der Waals surface area contributed by atoms with Crippen LogP contribution < -0.4 is 9.64 Å². The first-order valence-electron chi connectivity index (χ1n) is 8.19. The van der Waals surface area contributed by atoms with Gasteiger partial charge in [-0.3, -0.25) is 9.69 Å². The molecule has 0 aliphatic heterocycles. The normalized spacial score (nSPS) is 10.9. The lowest BCUT2D eigenvalue weighted by Crippen LogP contribution is -2.30. The van der Waals surface area contributed by atoms with E-state index in [2.05, 4.69) is 4.98 Å². The van der Waals surface area contributed by atoms with Crippen molar-refractivity contribution in [2.24, 2.45) is 0 Å². The molecule has 0 spiro atoms. The first-order chi connectivity index (χ1) is 13.2. The van der Waals surface area contributed by atoms with Gasteiger partial charge in [0, 0.05) is 5.56 Å². The maximum Gasteiger partial charge on any atom is 0.260 e. The summed E-state index contributed by atoms with van der Waals surface area (Å²) < 4.78 is 11.6. The van der Waals surface area contributed by atoms with Gasteiger partial charge in [-0.2, -0.15) is 0 Å². The number of rotatable bonds is 5. The molecule has 7 heteroatoms. The Morgan fingerprint density at radius 3 is 2.70 bits per heavy atom. The smallest absolute Gasteiger partial charge is 0.260 e. The maximum atomic E-state index is 13.2. The van der Waals surface area contributed by atoms with Gasteiger partial charge in [-0.1, -0.05) is 41.1 Å². The predicted octanol–water partition coefficient (Wildman–Crippen LogP) is 5.40. The number of halogens is 1. The number of nitrogens with zero attached hydrogens (tertiary/aromatic N) is 2. The van der Waals surface area contributed by atoms with Crippen LogP contribution in [0.3, 0.4) is 0 Å². The molecule has 1 amide bonds. The first-order valence-corrected chi connectivity index (χ1v) is 9.39. The Hall–Kier alpha value is -2.83. The van der Waals surface area contributed by atoms with Crippen LogP contribution in [0.5, 0.6) is 5.75 Å². The molecule has 0 fully saturated rings. The number of benzene rings is 2. The zero-order chi connectivity index (χ0) is 18.8. The molecule has 0 saturated carbocycles. The van der Waals surface area contributed by atoms with E-state index in [9.17, 15) is 4.79 Å². The summed E-state index contributed by atoms with van der Waals surface area (Å²) in [4.78, 5) is 19.4. The van der Waals surface area contributed by atoms with E-state index in [1.54, 1.807) is 48.6 Å². The van der Waals surface area contributed by atoms with E-state index in [0.29, 0.717) is 32.7 Å². The fourth-order valence-electron chi connectivity index (χ4n) is 2.74. The van der Waals surface area contributed by atoms with Gasteiger partial charge in [-0.25, -0.2) is 4.98 Å². The van der Waals surface area contributed by atoms with Crippen molar-refractivity contribution >= 4 is 44.2 Å². The first kappa shape index (κ1) is 17.6. The topological polar surface area (TPSA) is 55.6 Å². The summed E-state index contributed by atoms with van der Waals surface area (Å²) in [5, 5.41) is 1.10. The molecular formula is C20H15ClN2O3S. The minimum absolute atomic E-state index is 0.166. The molecule has 0 bridgehead atoms. The molecule has 136 valence electrons. The Labute approximate surface area is 164 Å². The van der Waals surface area contributed by atoms with Crippen molar-refractivity contribution in [3.8, 4) is 5.75 Å². The average molecular weight is 399 g/mol. The molecule has 0 radical (unpaired) electrons. The second-order valence-electron chi connectivity index (χ2n) is 5.76. The third-order valence-electron chi connectivity index (χ3n) is 4.06. The molecule has 4 aromatic rings. The lowest BCUT2D eigenvalue weighted by Gasteiger charge is -2.18. The van der Waals surface area contributed by atoms with Crippen LogP contribution in [-0.2, 0) is 6.54 Å². The zero-order valence-corrected chi connectivity index (χ0v) is 16.0. The summed E-state index contributed by atoms with van der Waals surface area (Å²) in [6.07, 6.45) is 1.58. The van der Waals surface area contributed by atoms with Crippen molar-refractivity contribution in [3.05, 3.63) is 77.2 Å². The molecule has 0 N–H and O–H groups in total. The Balaban J connectivity index is 1.82. The van der Waals surface area contributed by atoms with E-state index in [1.165, 1.54) is 11.3 Å². The number of hydrogen-bond acceptors (Lipinski definition) is 5. The predicted molar refractivity (Wildman–Crippen MR) is 107 cm³/mol. The van der Waals surface area contributed by atoms with Crippen LogP contribution in [0.4, 0.5) is 5.13 Å². The molecule has 0 unspecified atom stereocenters. The summed E-state index contributed by atoms with van der Waals surface area (Å²) in [5.74, 6) is 1.11. The fourth-order valence-corrected chi connectivity index (χ4v) is 4.00. The van der Waals surface area contributed by atoms with E-state index in [4.69, 9.17) is 20.8 Å². The van der Waals surface area contributed by atoms with Gasteiger partial charge in [0.15, 0.2) is 5.13 Å². The van der Waals surface area contributed by atoms with Gasteiger partial charge in [0.2, 0.25) is 0 Å². The molecule has 2 aromatic heterocycles. The summed E-state index contributed by atoms with van der Waals surface area (Å²) in [6, 6.07) is 16.2. The average Bonchev–Trinajstić information content (AvgIpc) is 3.37. The largest absolute Gasteiger partial charge is 0.494 e. The molecule has 5 nitrogen and oxygen atoms in total. The maximum absolute atomic E-state index is 13.2. The Morgan fingerprint density at radius 1 is 1.19 bits per heavy atom. The SMILES string of the molecule is COc1ccc(Cl)c2sc(N(Cc3ccco3)C(=O)c3ccccc3)nc12. The number of amides is 1. The Morgan fingerprint density at radius 2 is 2.00 bits per heavy atom. The molecule has 4 rings (SSSR count). The number of anilines is 1. The number of fused-ring (bicyclic) bond motifs is 1. The number of thiazole rings is 1. The summed E-state index contributed by atoms with van der Waals surface area (Å²) in [7, 11) is 1.58. The second-order valence-corrected chi connectivity index (χ2v) is 7.15. The van der Waals surface area contributed by atoms with Crippen LogP contribution in [0.2, 0.25) is 5.02 Å². The monoisotopic (exact) mass is 398 g/mol. The summed E-state index contributed by atoms with van der Waals surface area (Å²) in [5.41, 5.74) is 1.21. The molecular weight excluding hydrogens is 384 g/mol. The van der Waals surface area contributed by atoms with Crippen LogP contribution in [0.15, 0.2) is 65.3 Å². The van der Waals surface area contributed by atoms with Crippen LogP contribution in [0, 0.1) is 0 Å². The van der Waals surface area contributed by atoms with Gasteiger partial charge in [0.1, 0.15) is 17.0 Å². The number of hydrogen-bond donors (Lipinski definition) is 0. The van der Waals surface area contributed by atoms with Crippen molar-refractivity contribution in [3.63, 3.8) is 0 Å². The summed E-state index contributed by atoms with van der Waals surface area (Å²) in [6.45, 7) is 0.264. The van der Waals surface area contributed by atoms with Crippen molar-refractivity contribution in [1.82, 2.24) is 4.98 Å². The minimum atomic E-state index is -0.166. The van der Waals surface area contributed by atoms with Crippen molar-refractivity contribution in [1.29, 1.82) is 0 Å². The quantitative estimate of drug-likeness (QED) is 0.451. The van der Waals surface area contributed by atoms with Crippen LogP contribution in [0.1, 0.15) is 16.1 Å². The number of methoxy groups -OCH3 is 1. The Bertz CT molecular complexity index is 1080. The highest BCUT2D eigenvalue weighted by Gasteiger charge is 2.24. The second kappa shape index (κ2) is 7.42. The third-order valence-corrected chi connectivity index (χ3v) is 5.60. The van der Waals surface area contributed by atoms with Crippen molar-refractivity contribution < 1.29 is 13.9 Å². The lowest BCUT2D eigenvalue weighted by molar-refractivity contribution is 0.0983. The molecule has 0 atom stereocenters. The molecule has 0 aliphatic rings. The number of aromatic nitrogens is 1. The van der Waals surface area contributed by atoms with Crippen molar-refractivity contribution in [2.45, 2.75) is 6.54 Å². The number of carbonyl (C=O) groups excluding carboxylic acids is 1. The molecule has 0 aliphatic carbocycles. The standard InChI is InChI=1S/C20H15ClN2O3S/c1-25-16-10-9-15(21)18-17(16)22-20(27-18)23(12-14-8-5-11-26-14)19(24)13-6-3-2-4-7-13/h2-11H,12H2,1H3. The van der Waals surface area contributed by atoms with E-state index in [-0.39, 0.29) is 12.5 Å². The fraction of sp³-hybridized carbons (Fsp3) is 0.100. The van der Waals surface area contributed by atoms with Gasteiger partial charge < -0.3 is 9.15 Å². The van der Waals surface area contributed by atoms with Crippen LogP contribution >= 0.6 is 22.9 Å². The molecule has 2 heterocycles. The number of carbonyl (C=O) groups is 1. The molecule has 2 aromatic carbocycles. The minimum Gasteiger partial charge on any atom is -0.494 e. The van der Waals surface area contributed by atoms with E-state index in [0.717, 1.165) is 4.70 Å². The highest BCUT2D eigenvalue weighted by atomic mass is 35.5. The summed E-state index contributed by atoms with van der Waals surface area (Å²) >= 11 is 7.68. The van der Waals surface area contributed by atoms with Gasteiger partial charge in [0.05, 0.1) is 29.6 Å². The zero-order valence-electron chi connectivity index (χ0n) is 14.4. The molecule has 0 saturated heterocycles. The van der Waals surface area contributed by atoms with Crippen LogP contribution in [0.25, 0.3) is 10.2 Å². The van der Waals surface area contributed by atoms with E-state index < -0.39 is 0 Å².